The molecular weight excluding hydrogens is 206 g/mol. The number of rotatable bonds is 8. The third-order valence-electron chi connectivity index (χ3n) is 3.42. The fourth-order valence-electron chi connectivity index (χ4n) is 2.00. The number of carboxylic acid groups (broad SMARTS) is 1. The van der Waals surface area contributed by atoms with Crippen LogP contribution in [0.1, 0.15) is 53.4 Å². The zero-order valence-corrected chi connectivity index (χ0v) is 10.8. The lowest BCUT2D eigenvalue weighted by Crippen LogP contribution is -2.61. The molecule has 1 unspecified atom stereocenters. The van der Waals surface area contributed by atoms with Crippen LogP contribution in [0.4, 0.5) is 0 Å². The summed E-state index contributed by atoms with van der Waals surface area (Å²) in [5, 5.41) is 21.8. The van der Waals surface area contributed by atoms with Crippen LogP contribution < -0.4 is 5.32 Å². The summed E-state index contributed by atoms with van der Waals surface area (Å²) in [6.45, 7) is 7.53. The van der Waals surface area contributed by atoms with E-state index in [1.54, 1.807) is 6.92 Å². The molecular formula is C12H25NO3. The molecule has 0 aromatic rings. The summed E-state index contributed by atoms with van der Waals surface area (Å²) in [6, 6.07) is 0. The van der Waals surface area contributed by atoms with E-state index in [0.29, 0.717) is 19.3 Å². The molecule has 4 nitrogen and oxygen atoms in total. The van der Waals surface area contributed by atoms with E-state index < -0.39 is 17.0 Å². The van der Waals surface area contributed by atoms with E-state index in [2.05, 4.69) is 5.32 Å². The molecule has 0 amide bonds. The Labute approximate surface area is 98.1 Å². The topological polar surface area (TPSA) is 69.6 Å². The highest BCUT2D eigenvalue weighted by Gasteiger charge is 2.39. The van der Waals surface area contributed by atoms with Crippen LogP contribution in [0, 0.1) is 0 Å². The second-order valence-electron chi connectivity index (χ2n) is 4.66. The number of aliphatic hydroxyl groups excluding tert-OH is 1. The van der Waals surface area contributed by atoms with Crippen molar-refractivity contribution in [3.63, 3.8) is 0 Å². The van der Waals surface area contributed by atoms with Crippen LogP contribution in [0.2, 0.25) is 0 Å². The summed E-state index contributed by atoms with van der Waals surface area (Å²) in [5.74, 6) is -0.853. The van der Waals surface area contributed by atoms with Crippen LogP contribution in [0.15, 0.2) is 0 Å². The Morgan fingerprint density at radius 2 is 1.75 bits per heavy atom. The number of carbonyl (C=O) groups is 1. The minimum Gasteiger partial charge on any atom is -0.480 e. The van der Waals surface area contributed by atoms with Crippen LogP contribution in [0.25, 0.3) is 0 Å². The van der Waals surface area contributed by atoms with E-state index in [9.17, 15) is 15.0 Å². The Morgan fingerprint density at radius 3 is 2.00 bits per heavy atom. The number of nitrogens with one attached hydrogen (secondary N) is 1. The maximum Gasteiger partial charge on any atom is 0.323 e. The molecule has 0 aliphatic heterocycles. The average Bonchev–Trinajstić information content (AvgIpc) is 2.26. The summed E-state index contributed by atoms with van der Waals surface area (Å²) >= 11 is 0. The van der Waals surface area contributed by atoms with Gasteiger partial charge in [-0.25, -0.2) is 0 Å². The molecule has 96 valence electrons. The molecule has 0 aromatic carbocycles. The quantitative estimate of drug-likeness (QED) is 0.595. The highest BCUT2D eigenvalue weighted by atomic mass is 16.4. The molecule has 4 heteroatoms. The molecule has 0 aromatic heterocycles. The van der Waals surface area contributed by atoms with Gasteiger partial charge in [0.15, 0.2) is 0 Å². The summed E-state index contributed by atoms with van der Waals surface area (Å²) in [5.41, 5.74) is -1.44. The number of hydrogen-bond donors (Lipinski definition) is 3. The van der Waals surface area contributed by atoms with Crippen LogP contribution in [-0.4, -0.2) is 33.9 Å². The van der Waals surface area contributed by atoms with E-state index in [1.165, 1.54) is 0 Å². The maximum absolute atomic E-state index is 11.3. The van der Waals surface area contributed by atoms with Crippen molar-refractivity contribution in [1.82, 2.24) is 5.32 Å². The normalized spacial score (nSPS) is 15.8. The first kappa shape index (κ1) is 15.4. The maximum atomic E-state index is 11.3. The van der Waals surface area contributed by atoms with Gasteiger partial charge in [0.2, 0.25) is 0 Å². The van der Waals surface area contributed by atoms with Gasteiger partial charge in [-0.2, -0.15) is 0 Å². The predicted octanol–water partition coefficient (Wildman–Crippen LogP) is 1.77. The van der Waals surface area contributed by atoms with Gasteiger partial charge in [0.1, 0.15) is 5.54 Å². The molecule has 0 rings (SSSR count). The van der Waals surface area contributed by atoms with Crippen molar-refractivity contribution >= 4 is 5.97 Å². The van der Waals surface area contributed by atoms with E-state index in [0.717, 1.165) is 6.42 Å². The van der Waals surface area contributed by atoms with Gasteiger partial charge < -0.3 is 10.2 Å². The summed E-state index contributed by atoms with van der Waals surface area (Å²) in [6.07, 6.45) is 2.79. The highest BCUT2D eigenvalue weighted by Crippen LogP contribution is 2.22. The lowest BCUT2D eigenvalue weighted by molar-refractivity contribution is -0.146. The van der Waals surface area contributed by atoms with Crippen molar-refractivity contribution in [2.24, 2.45) is 0 Å². The van der Waals surface area contributed by atoms with Crippen LogP contribution >= 0.6 is 0 Å². The number of aliphatic carboxylic acids is 1. The van der Waals surface area contributed by atoms with E-state index in [1.807, 2.05) is 20.8 Å². The fourth-order valence-corrected chi connectivity index (χ4v) is 2.00. The molecule has 1 atom stereocenters. The summed E-state index contributed by atoms with van der Waals surface area (Å²) in [7, 11) is 0. The zero-order chi connectivity index (χ0) is 12.8. The molecule has 0 spiro atoms. The first-order valence-corrected chi connectivity index (χ1v) is 6.03. The smallest absolute Gasteiger partial charge is 0.323 e. The van der Waals surface area contributed by atoms with Crippen molar-refractivity contribution in [1.29, 1.82) is 0 Å². The van der Waals surface area contributed by atoms with E-state index in [4.69, 9.17) is 0 Å². The monoisotopic (exact) mass is 231 g/mol. The molecule has 0 aliphatic carbocycles. The van der Waals surface area contributed by atoms with Crippen LogP contribution in [-0.2, 0) is 4.79 Å². The Bertz CT molecular complexity index is 218. The van der Waals surface area contributed by atoms with Crippen molar-refractivity contribution in [2.45, 2.75) is 64.5 Å². The third-order valence-corrected chi connectivity index (χ3v) is 3.42. The van der Waals surface area contributed by atoms with Gasteiger partial charge in [-0.3, -0.25) is 10.1 Å². The number of carboxylic acids is 1. The van der Waals surface area contributed by atoms with Crippen molar-refractivity contribution in [2.75, 3.05) is 6.61 Å². The molecule has 0 radical (unpaired) electrons. The van der Waals surface area contributed by atoms with Gasteiger partial charge in [-0.05, 0) is 26.2 Å². The van der Waals surface area contributed by atoms with Gasteiger partial charge in [-0.1, -0.05) is 27.2 Å². The molecule has 16 heavy (non-hydrogen) atoms. The SMILES string of the molecule is CCCC(C)(NC(CC)(CC)CO)C(=O)O. The zero-order valence-electron chi connectivity index (χ0n) is 10.8. The van der Waals surface area contributed by atoms with Crippen LogP contribution in [0.5, 0.6) is 0 Å². The van der Waals surface area contributed by atoms with Crippen molar-refractivity contribution in [3.8, 4) is 0 Å². The standard InChI is InChI=1S/C12H25NO3/c1-5-8-11(4,10(15)16)13-12(6-2,7-3)9-14/h13-14H,5-9H2,1-4H3,(H,15,16). The number of aliphatic hydroxyl groups is 1. The third kappa shape index (κ3) is 3.46. The fraction of sp³-hybridized carbons (Fsp3) is 0.917. The largest absolute Gasteiger partial charge is 0.480 e. The minimum atomic E-state index is -0.955. The molecule has 0 saturated heterocycles. The Morgan fingerprint density at radius 1 is 1.25 bits per heavy atom. The first-order valence-electron chi connectivity index (χ1n) is 6.03. The van der Waals surface area contributed by atoms with Crippen LogP contribution in [0.3, 0.4) is 0 Å². The van der Waals surface area contributed by atoms with E-state index in [-0.39, 0.29) is 6.61 Å². The van der Waals surface area contributed by atoms with Gasteiger partial charge in [0.25, 0.3) is 0 Å². The minimum absolute atomic E-state index is 0.0351. The van der Waals surface area contributed by atoms with Crippen molar-refractivity contribution < 1.29 is 15.0 Å². The second-order valence-corrected chi connectivity index (χ2v) is 4.66. The van der Waals surface area contributed by atoms with Gasteiger partial charge in [0, 0.05) is 5.54 Å². The molecule has 3 N–H and O–H groups in total. The molecule has 0 saturated carbocycles. The molecule has 0 bridgehead atoms. The van der Waals surface area contributed by atoms with Gasteiger partial charge in [0.05, 0.1) is 6.61 Å². The average molecular weight is 231 g/mol. The second kappa shape index (κ2) is 6.21. The molecule has 0 aliphatic rings. The lowest BCUT2D eigenvalue weighted by Gasteiger charge is -2.39. The highest BCUT2D eigenvalue weighted by molar-refractivity contribution is 5.78. The predicted molar refractivity (Wildman–Crippen MR) is 64.5 cm³/mol. The summed E-state index contributed by atoms with van der Waals surface area (Å²) < 4.78 is 0. The van der Waals surface area contributed by atoms with Gasteiger partial charge >= 0.3 is 5.97 Å². The van der Waals surface area contributed by atoms with Gasteiger partial charge in [-0.15, -0.1) is 0 Å². The first-order chi connectivity index (χ1) is 7.39. The molecule has 0 heterocycles. The Hall–Kier alpha value is -0.610. The number of hydrogen-bond acceptors (Lipinski definition) is 3. The Balaban J connectivity index is 4.91. The lowest BCUT2D eigenvalue weighted by atomic mass is 9.86. The summed E-state index contributed by atoms with van der Waals surface area (Å²) in [4.78, 5) is 11.3. The van der Waals surface area contributed by atoms with Crippen molar-refractivity contribution in [3.05, 3.63) is 0 Å². The Kier molecular flexibility index (Phi) is 5.97. The molecule has 0 fully saturated rings. The van der Waals surface area contributed by atoms with E-state index >= 15 is 0 Å².